The molecule has 1 unspecified atom stereocenters. The standard InChI is InChI=1S/C11H22N2O3S2/c1-5-11(6-2,9(12)17)10(14)13-8(3)7-18(4,15)16/h8H,5-7H2,1-4H3,(H2,12,17)(H,13,14). The molecule has 5 nitrogen and oxygen atoms in total. The molecule has 0 saturated heterocycles. The van der Waals surface area contributed by atoms with Gasteiger partial charge in [-0.25, -0.2) is 8.42 Å². The molecule has 7 heteroatoms. The quantitative estimate of drug-likeness (QED) is 0.672. The molecule has 0 heterocycles. The molecule has 0 aliphatic rings. The number of nitrogens with one attached hydrogen (secondary N) is 1. The Balaban J connectivity index is 4.88. The van der Waals surface area contributed by atoms with Crippen molar-refractivity contribution in [1.82, 2.24) is 5.32 Å². The van der Waals surface area contributed by atoms with E-state index in [-0.39, 0.29) is 16.6 Å². The predicted molar refractivity (Wildman–Crippen MR) is 77.1 cm³/mol. The van der Waals surface area contributed by atoms with Crippen LogP contribution in [0.5, 0.6) is 0 Å². The van der Waals surface area contributed by atoms with E-state index in [1.807, 2.05) is 13.8 Å². The van der Waals surface area contributed by atoms with Gasteiger partial charge < -0.3 is 11.1 Å². The zero-order valence-corrected chi connectivity index (χ0v) is 13.0. The van der Waals surface area contributed by atoms with Crippen LogP contribution in [0.2, 0.25) is 0 Å². The monoisotopic (exact) mass is 294 g/mol. The second kappa shape index (κ2) is 6.47. The van der Waals surface area contributed by atoms with Crippen LogP contribution in [0.25, 0.3) is 0 Å². The van der Waals surface area contributed by atoms with Crippen LogP contribution in [0.4, 0.5) is 0 Å². The van der Waals surface area contributed by atoms with Gasteiger partial charge in [0.15, 0.2) is 0 Å². The van der Waals surface area contributed by atoms with Crippen molar-refractivity contribution in [2.45, 2.75) is 39.7 Å². The van der Waals surface area contributed by atoms with E-state index >= 15 is 0 Å². The van der Waals surface area contributed by atoms with Gasteiger partial charge in [0.1, 0.15) is 9.84 Å². The maximum atomic E-state index is 12.2. The minimum Gasteiger partial charge on any atom is -0.392 e. The van der Waals surface area contributed by atoms with Crippen LogP contribution < -0.4 is 11.1 Å². The predicted octanol–water partition coefficient (Wildman–Crippen LogP) is 0.628. The van der Waals surface area contributed by atoms with Crippen molar-refractivity contribution in [3.8, 4) is 0 Å². The third-order valence-corrected chi connectivity index (χ3v) is 4.54. The lowest BCUT2D eigenvalue weighted by Gasteiger charge is -2.30. The molecule has 0 aromatic carbocycles. The number of amides is 1. The Kier molecular flexibility index (Phi) is 6.22. The van der Waals surface area contributed by atoms with Crippen LogP contribution in [0, 0.1) is 5.41 Å². The minimum absolute atomic E-state index is 0.0976. The highest BCUT2D eigenvalue weighted by atomic mass is 32.2. The lowest BCUT2D eigenvalue weighted by atomic mass is 9.81. The van der Waals surface area contributed by atoms with E-state index in [2.05, 4.69) is 5.32 Å². The molecule has 0 aliphatic heterocycles. The summed E-state index contributed by atoms with van der Waals surface area (Å²) in [5.74, 6) is -0.393. The van der Waals surface area contributed by atoms with Gasteiger partial charge in [-0.15, -0.1) is 0 Å². The Morgan fingerprint density at radius 3 is 2.11 bits per heavy atom. The molecular weight excluding hydrogens is 272 g/mol. The summed E-state index contributed by atoms with van der Waals surface area (Å²) in [5.41, 5.74) is 4.76. The first-order valence-corrected chi connectivity index (χ1v) is 8.34. The normalized spacial score (nSPS) is 14.0. The zero-order chi connectivity index (χ0) is 14.6. The van der Waals surface area contributed by atoms with Crippen molar-refractivity contribution in [2.24, 2.45) is 11.1 Å². The molecule has 3 N–H and O–H groups in total. The highest BCUT2D eigenvalue weighted by Gasteiger charge is 2.38. The van der Waals surface area contributed by atoms with Crippen LogP contribution in [0.3, 0.4) is 0 Å². The van der Waals surface area contributed by atoms with Crippen molar-refractivity contribution >= 4 is 33.0 Å². The number of hydrogen-bond acceptors (Lipinski definition) is 4. The Hall–Kier alpha value is -0.690. The largest absolute Gasteiger partial charge is 0.392 e. The highest BCUT2D eigenvalue weighted by molar-refractivity contribution is 7.90. The zero-order valence-electron chi connectivity index (χ0n) is 11.3. The molecule has 0 spiro atoms. The van der Waals surface area contributed by atoms with E-state index in [0.717, 1.165) is 6.26 Å². The molecule has 0 bridgehead atoms. The van der Waals surface area contributed by atoms with Crippen LogP contribution in [0.1, 0.15) is 33.6 Å². The lowest BCUT2D eigenvalue weighted by molar-refractivity contribution is -0.128. The Morgan fingerprint density at radius 1 is 1.39 bits per heavy atom. The molecule has 0 aromatic heterocycles. The van der Waals surface area contributed by atoms with Crippen molar-refractivity contribution < 1.29 is 13.2 Å². The van der Waals surface area contributed by atoms with Crippen molar-refractivity contribution in [2.75, 3.05) is 12.0 Å². The summed E-state index contributed by atoms with van der Waals surface area (Å²) < 4.78 is 22.3. The molecule has 18 heavy (non-hydrogen) atoms. The van der Waals surface area contributed by atoms with Gasteiger partial charge in [0.05, 0.1) is 16.2 Å². The van der Waals surface area contributed by atoms with E-state index in [4.69, 9.17) is 18.0 Å². The average molecular weight is 294 g/mol. The number of rotatable bonds is 7. The second-order valence-corrected chi connectivity index (χ2v) is 7.25. The number of carbonyl (C=O) groups is 1. The summed E-state index contributed by atoms with van der Waals surface area (Å²) in [4.78, 5) is 12.3. The van der Waals surface area contributed by atoms with E-state index < -0.39 is 21.3 Å². The van der Waals surface area contributed by atoms with Crippen LogP contribution in [-0.2, 0) is 14.6 Å². The fourth-order valence-corrected chi connectivity index (χ4v) is 3.26. The van der Waals surface area contributed by atoms with E-state index in [1.54, 1.807) is 6.92 Å². The number of hydrogen-bond donors (Lipinski definition) is 2. The minimum atomic E-state index is -3.13. The van der Waals surface area contributed by atoms with Gasteiger partial charge in [-0.1, -0.05) is 26.1 Å². The molecule has 0 saturated carbocycles. The molecule has 1 atom stereocenters. The number of nitrogens with two attached hydrogens (primary N) is 1. The van der Waals surface area contributed by atoms with Gasteiger partial charge >= 0.3 is 0 Å². The summed E-state index contributed by atoms with van der Waals surface area (Å²) in [7, 11) is -3.13. The number of sulfone groups is 1. The van der Waals surface area contributed by atoms with Crippen molar-refractivity contribution in [1.29, 1.82) is 0 Å². The summed E-state index contributed by atoms with van der Waals surface area (Å²) in [5, 5.41) is 2.67. The third kappa shape index (κ3) is 4.53. The number of carbonyl (C=O) groups excluding carboxylic acids is 1. The molecule has 106 valence electrons. The molecule has 0 aliphatic carbocycles. The fourth-order valence-electron chi connectivity index (χ4n) is 1.89. The van der Waals surface area contributed by atoms with Gasteiger partial charge in [-0.05, 0) is 19.8 Å². The van der Waals surface area contributed by atoms with Gasteiger partial charge in [0.2, 0.25) is 5.91 Å². The summed E-state index contributed by atoms with van der Waals surface area (Å²) >= 11 is 4.96. The lowest BCUT2D eigenvalue weighted by Crippen LogP contribution is -2.51. The SMILES string of the molecule is CCC(CC)(C(=O)NC(C)CS(C)(=O)=O)C(N)=S. The summed E-state index contributed by atoms with van der Waals surface area (Å²) in [6.07, 6.45) is 2.13. The van der Waals surface area contributed by atoms with Crippen molar-refractivity contribution in [3.05, 3.63) is 0 Å². The maximum Gasteiger partial charge on any atom is 0.233 e. The van der Waals surface area contributed by atoms with Gasteiger partial charge in [0.25, 0.3) is 0 Å². The van der Waals surface area contributed by atoms with Gasteiger partial charge in [0, 0.05) is 12.3 Å². The molecule has 0 fully saturated rings. The molecule has 0 rings (SSSR count). The molecule has 0 radical (unpaired) electrons. The Morgan fingerprint density at radius 2 is 1.83 bits per heavy atom. The van der Waals surface area contributed by atoms with Crippen LogP contribution in [0.15, 0.2) is 0 Å². The Bertz CT molecular complexity index is 414. The van der Waals surface area contributed by atoms with E-state index in [1.165, 1.54) is 0 Å². The smallest absolute Gasteiger partial charge is 0.233 e. The topological polar surface area (TPSA) is 89.3 Å². The second-order valence-electron chi connectivity index (χ2n) is 4.62. The molecule has 1 amide bonds. The van der Waals surface area contributed by atoms with Crippen molar-refractivity contribution in [3.63, 3.8) is 0 Å². The van der Waals surface area contributed by atoms with Gasteiger partial charge in [-0.2, -0.15) is 0 Å². The Labute approximate surface area is 114 Å². The van der Waals surface area contributed by atoms with Gasteiger partial charge in [-0.3, -0.25) is 4.79 Å². The first kappa shape index (κ1) is 17.3. The summed E-state index contributed by atoms with van der Waals surface area (Å²) in [6, 6.07) is -0.459. The third-order valence-electron chi connectivity index (χ3n) is 3.04. The molecular formula is C11H22N2O3S2. The first-order chi connectivity index (χ1) is 8.09. The number of thiocarbonyl (C=S) groups is 1. The average Bonchev–Trinajstić information content (AvgIpc) is 2.16. The summed E-state index contributed by atoms with van der Waals surface area (Å²) in [6.45, 7) is 5.32. The van der Waals surface area contributed by atoms with E-state index in [9.17, 15) is 13.2 Å². The van der Waals surface area contributed by atoms with Crippen LogP contribution in [-0.4, -0.2) is 37.4 Å². The fraction of sp³-hybridized carbons (Fsp3) is 0.818. The highest BCUT2D eigenvalue weighted by Crippen LogP contribution is 2.27. The first-order valence-electron chi connectivity index (χ1n) is 5.87. The van der Waals surface area contributed by atoms with E-state index in [0.29, 0.717) is 12.8 Å². The van der Waals surface area contributed by atoms with Crippen LogP contribution >= 0.6 is 12.2 Å². The maximum absolute atomic E-state index is 12.2. The molecule has 0 aromatic rings.